The molecule has 2 N–H and O–H groups in total. The third kappa shape index (κ3) is 3.62. The number of anilines is 2. The van der Waals surface area contributed by atoms with Gasteiger partial charge in [0.25, 0.3) is 0 Å². The number of nitrogens with two attached hydrogens (primary N) is 1. The number of aromatic nitrogens is 1. The summed E-state index contributed by atoms with van der Waals surface area (Å²) >= 11 is 0. The Kier molecular flexibility index (Phi) is 4.67. The first-order valence-corrected chi connectivity index (χ1v) is 7.57. The molecular formula is C16H27N3. The van der Waals surface area contributed by atoms with Crippen molar-refractivity contribution in [1.29, 1.82) is 0 Å². The van der Waals surface area contributed by atoms with Crippen LogP contribution in [0.2, 0.25) is 0 Å². The Hall–Kier alpha value is -1.25. The van der Waals surface area contributed by atoms with Gasteiger partial charge in [-0.05, 0) is 44.2 Å². The van der Waals surface area contributed by atoms with Gasteiger partial charge in [0.05, 0.1) is 11.4 Å². The summed E-state index contributed by atoms with van der Waals surface area (Å²) in [6, 6.07) is 4.75. The largest absolute Gasteiger partial charge is 0.397 e. The van der Waals surface area contributed by atoms with Crippen molar-refractivity contribution in [3.63, 3.8) is 0 Å². The highest BCUT2D eigenvalue weighted by Crippen LogP contribution is 2.28. The molecule has 0 aromatic carbocycles. The molecule has 1 fully saturated rings. The normalized spacial score (nSPS) is 16.2. The molecule has 0 amide bonds. The molecule has 0 unspecified atom stereocenters. The van der Waals surface area contributed by atoms with Gasteiger partial charge in [-0.15, -0.1) is 0 Å². The number of pyridine rings is 1. The highest BCUT2D eigenvalue weighted by atomic mass is 15.2. The van der Waals surface area contributed by atoms with Crippen molar-refractivity contribution in [2.24, 2.45) is 5.92 Å². The Morgan fingerprint density at radius 2 is 2.00 bits per heavy atom. The van der Waals surface area contributed by atoms with E-state index in [-0.39, 0.29) is 0 Å². The van der Waals surface area contributed by atoms with Crippen LogP contribution >= 0.6 is 0 Å². The number of hydrogen-bond acceptors (Lipinski definition) is 3. The fourth-order valence-electron chi connectivity index (χ4n) is 2.82. The Bertz CT molecular complexity index is 408. The first kappa shape index (κ1) is 14.2. The minimum absolute atomic E-state index is 0.675. The van der Waals surface area contributed by atoms with Crippen molar-refractivity contribution in [3.05, 3.63) is 17.8 Å². The molecule has 106 valence electrons. The van der Waals surface area contributed by atoms with Gasteiger partial charge in [-0.1, -0.05) is 26.7 Å². The summed E-state index contributed by atoms with van der Waals surface area (Å²) in [5.41, 5.74) is 7.62. The van der Waals surface area contributed by atoms with Gasteiger partial charge < -0.3 is 10.6 Å². The summed E-state index contributed by atoms with van der Waals surface area (Å²) < 4.78 is 0. The monoisotopic (exact) mass is 261 g/mol. The minimum atomic E-state index is 0.675. The van der Waals surface area contributed by atoms with Gasteiger partial charge >= 0.3 is 0 Å². The summed E-state index contributed by atoms with van der Waals surface area (Å²) in [7, 11) is 0. The van der Waals surface area contributed by atoms with Crippen LogP contribution in [0.25, 0.3) is 0 Å². The summed E-state index contributed by atoms with van der Waals surface area (Å²) in [6.07, 6.45) is 6.56. The van der Waals surface area contributed by atoms with Gasteiger partial charge in [-0.2, -0.15) is 0 Å². The number of nitrogens with zero attached hydrogens (tertiary/aromatic N) is 2. The van der Waals surface area contributed by atoms with Crippen molar-refractivity contribution in [2.45, 2.75) is 58.9 Å². The third-order valence-corrected chi connectivity index (χ3v) is 4.12. The molecule has 0 spiro atoms. The van der Waals surface area contributed by atoms with E-state index in [9.17, 15) is 0 Å². The average Bonchev–Trinajstić information content (AvgIpc) is 2.87. The lowest BCUT2D eigenvalue weighted by atomic mass is 10.1. The second kappa shape index (κ2) is 6.27. The lowest BCUT2D eigenvalue weighted by molar-refractivity contribution is 0.525. The Balaban J connectivity index is 2.17. The molecule has 0 radical (unpaired) electrons. The summed E-state index contributed by atoms with van der Waals surface area (Å²) in [5.74, 6) is 1.85. The summed E-state index contributed by atoms with van der Waals surface area (Å²) in [5, 5.41) is 0. The van der Waals surface area contributed by atoms with E-state index in [1.165, 1.54) is 32.1 Å². The van der Waals surface area contributed by atoms with E-state index >= 15 is 0 Å². The predicted octanol–water partition coefficient (Wildman–Crippen LogP) is 3.77. The molecule has 0 saturated heterocycles. The molecule has 1 aromatic rings. The van der Waals surface area contributed by atoms with Crippen LogP contribution < -0.4 is 10.6 Å². The van der Waals surface area contributed by atoms with Gasteiger partial charge in [0.15, 0.2) is 0 Å². The van der Waals surface area contributed by atoms with Crippen LogP contribution in [0.1, 0.15) is 51.6 Å². The molecule has 19 heavy (non-hydrogen) atoms. The van der Waals surface area contributed by atoms with Crippen LogP contribution in [0.5, 0.6) is 0 Å². The molecule has 0 atom stereocenters. The Labute approximate surface area is 117 Å². The molecule has 0 bridgehead atoms. The summed E-state index contributed by atoms with van der Waals surface area (Å²) in [6.45, 7) is 7.68. The number of nitrogen functional groups attached to an aromatic ring is 1. The molecule has 3 nitrogen and oxygen atoms in total. The lowest BCUT2D eigenvalue weighted by Gasteiger charge is -2.31. The highest BCUT2D eigenvalue weighted by Gasteiger charge is 2.23. The van der Waals surface area contributed by atoms with Gasteiger partial charge in [0, 0.05) is 12.6 Å². The molecule has 1 aliphatic carbocycles. The van der Waals surface area contributed by atoms with Crippen LogP contribution in [-0.2, 0) is 0 Å². The smallest absolute Gasteiger partial charge is 0.129 e. The van der Waals surface area contributed by atoms with Crippen molar-refractivity contribution in [1.82, 2.24) is 4.98 Å². The van der Waals surface area contributed by atoms with E-state index < -0.39 is 0 Å². The first-order valence-electron chi connectivity index (χ1n) is 7.57. The third-order valence-electron chi connectivity index (χ3n) is 4.12. The fraction of sp³-hybridized carbons (Fsp3) is 0.688. The standard InChI is InChI=1S/C16H27N3/c1-12(2)10-11-19(14-6-4-5-7-14)16-9-8-15(17)13(3)18-16/h8-9,12,14H,4-7,10-11,17H2,1-3H3. The van der Waals surface area contributed by atoms with Crippen LogP contribution in [0.3, 0.4) is 0 Å². The molecule has 1 heterocycles. The lowest BCUT2D eigenvalue weighted by Crippen LogP contribution is -2.35. The Morgan fingerprint density at radius 1 is 1.32 bits per heavy atom. The maximum absolute atomic E-state index is 5.88. The quantitative estimate of drug-likeness (QED) is 0.877. The maximum Gasteiger partial charge on any atom is 0.129 e. The van der Waals surface area contributed by atoms with E-state index in [0.29, 0.717) is 6.04 Å². The maximum atomic E-state index is 5.88. The Morgan fingerprint density at radius 3 is 2.58 bits per heavy atom. The van der Waals surface area contributed by atoms with Crippen LogP contribution in [0.15, 0.2) is 12.1 Å². The molecule has 0 aliphatic heterocycles. The molecule has 1 aromatic heterocycles. The summed E-state index contributed by atoms with van der Waals surface area (Å²) in [4.78, 5) is 7.21. The van der Waals surface area contributed by atoms with Gasteiger partial charge in [-0.3, -0.25) is 0 Å². The number of aryl methyl sites for hydroxylation is 1. The zero-order valence-corrected chi connectivity index (χ0v) is 12.5. The SMILES string of the molecule is Cc1nc(N(CCC(C)C)C2CCCC2)ccc1N. The van der Waals surface area contributed by atoms with Crippen molar-refractivity contribution < 1.29 is 0 Å². The molecular weight excluding hydrogens is 234 g/mol. The molecule has 1 aliphatic rings. The van der Waals surface area contributed by atoms with Crippen molar-refractivity contribution in [2.75, 3.05) is 17.2 Å². The number of rotatable bonds is 5. The van der Waals surface area contributed by atoms with E-state index in [4.69, 9.17) is 10.7 Å². The second-order valence-electron chi connectivity index (χ2n) is 6.16. The highest BCUT2D eigenvalue weighted by molar-refractivity contribution is 5.51. The van der Waals surface area contributed by atoms with Crippen molar-refractivity contribution in [3.8, 4) is 0 Å². The van der Waals surface area contributed by atoms with E-state index in [2.05, 4.69) is 24.8 Å². The second-order valence-corrected chi connectivity index (χ2v) is 6.16. The van der Waals surface area contributed by atoms with Gasteiger partial charge in [0.2, 0.25) is 0 Å². The van der Waals surface area contributed by atoms with E-state index in [1.807, 2.05) is 13.0 Å². The topological polar surface area (TPSA) is 42.2 Å². The van der Waals surface area contributed by atoms with E-state index in [0.717, 1.165) is 29.7 Å². The van der Waals surface area contributed by atoms with Crippen LogP contribution in [0.4, 0.5) is 11.5 Å². The zero-order valence-electron chi connectivity index (χ0n) is 12.5. The van der Waals surface area contributed by atoms with Crippen LogP contribution in [-0.4, -0.2) is 17.6 Å². The van der Waals surface area contributed by atoms with E-state index in [1.54, 1.807) is 0 Å². The van der Waals surface area contributed by atoms with Gasteiger partial charge in [0.1, 0.15) is 5.82 Å². The molecule has 3 heteroatoms. The molecule has 2 rings (SSSR count). The minimum Gasteiger partial charge on any atom is -0.397 e. The molecule has 1 saturated carbocycles. The van der Waals surface area contributed by atoms with Crippen LogP contribution in [0, 0.1) is 12.8 Å². The predicted molar refractivity (Wildman–Crippen MR) is 82.4 cm³/mol. The average molecular weight is 261 g/mol. The zero-order chi connectivity index (χ0) is 13.8. The van der Waals surface area contributed by atoms with Gasteiger partial charge in [-0.25, -0.2) is 4.98 Å². The van der Waals surface area contributed by atoms with Crippen molar-refractivity contribution >= 4 is 11.5 Å². The first-order chi connectivity index (χ1) is 9.08. The fourth-order valence-corrected chi connectivity index (χ4v) is 2.82. The number of hydrogen-bond donors (Lipinski definition) is 1.